The lowest BCUT2D eigenvalue weighted by atomic mass is 10.0. The molecule has 0 unspecified atom stereocenters. The largest absolute Gasteiger partial charge is 0.350 e. The average Bonchev–Trinajstić information content (AvgIpc) is 2.88. The van der Waals surface area contributed by atoms with Gasteiger partial charge in [0.25, 0.3) is 11.8 Å². The molecule has 0 saturated carbocycles. The van der Waals surface area contributed by atoms with Crippen molar-refractivity contribution in [3.8, 4) is 0 Å². The minimum Gasteiger partial charge on any atom is -0.350 e. The Morgan fingerprint density at radius 2 is 1.62 bits per heavy atom. The molecule has 0 atom stereocenters. The Balaban J connectivity index is 2.08. The quantitative estimate of drug-likeness (QED) is 0.759. The molecule has 0 saturated heterocycles. The second-order valence-corrected chi connectivity index (χ2v) is 7.53. The molecule has 3 rings (SSSR count). The van der Waals surface area contributed by atoms with E-state index in [9.17, 15) is 14.4 Å². The van der Waals surface area contributed by atoms with Crippen molar-refractivity contribution in [2.75, 3.05) is 10.6 Å². The monoisotopic (exact) mass is 391 g/mol. The second kappa shape index (κ2) is 7.91. The molecule has 6 heteroatoms. The first-order valence-corrected chi connectivity index (χ1v) is 9.53. The van der Waals surface area contributed by atoms with Crippen LogP contribution in [0.5, 0.6) is 0 Å². The van der Waals surface area contributed by atoms with E-state index in [1.807, 2.05) is 45.9 Å². The van der Waals surface area contributed by atoms with E-state index in [4.69, 9.17) is 0 Å². The first-order chi connectivity index (χ1) is 13.7. The van der Waals surface area contributed by atoms with E-state index in [0.717, 1.165) is 16.8 Å². The normalized spacial score (nSPS) is 14.1. The van der Waals surface area contributed by atoms with Gasteiger partial charge in [0.15, 0.2) is 0 Å². The molecular formula is C23H25N3O3. The Hall–Kier alpha value is -3.41. The zero-order chi connectivity index (χ0) is 21.3. The highest BCUT2D eigenvalue weighted by atomic mass is 16.2. The third-order valence-electron chi connectivity index (χ3n) is 4.78. The summed E-state index contributed by atoms with van der Waals surface area (Å²) in [5.41, 5.74) is 4.67. The van der Waals surface area contributed by atoms with Gasteiger partial charge in [-0.1, -0.05) is 24.3 Å². The number of rotatable bonds is 5. The number of aryl methyl sites for hydroxylation is 2. The highest BCUT2D eigenvalue weighted by molar-refractivity contribution is 6.36. The van der Waals surface area contributed by atoms with Crippen LogP contribution in [-0.2, 0) is 14.4 Å². The predicted octanol–water partition coefficient (Wildman–Crippen LogP) is 3.86. The van der Waals surface area contributed by atoms with Crippen LogP contribution < -0.4 is 10.6 Å². The summed E-state index contributed by atoms with van der Waals surface area (Å²) in [6, 6.07) is 12.6. The Bertz CT molecular complexity index is 1020. The van der Waals surface area contributed by atoms with Gasteiger partial charge in [-0.25, -0.2) is 0 Å². The summed E-state index contributed by atoms with van der Waals surface area (Å²) in [5.74, 6) is -0.843. The summed E-state index contributed by atoms with van der Waals surface area (Å²) in [6.45, 7) is 8.99. The predicted molar refractivity (Wildman–Crippen MR) is 114 cm³/mol. The molecule has 3 amide bonds. The van der Waals surface area contributed by atoms with Gasteiger partial charge in [-0.2, -0.15) is 0 Å². The summed E-state index contributed by atoms with van der Waals surface area (Å²) in [4.78, 5) is 38.7. The van der Waals surface area contributed by atoms with E-state index >= 15 is 0 Å². The van der Waals surface area contributed by atoms with Crippen LogP contribution in [-0.4, -0.2) is 28.7 Å². The fourth-order valence-electron chi connectivity index (χ4n) is 3.33. The molecule has 0 aromatic heterocycles. The number of benzene rings is 2. The van der Waals surface area contributed by atoms with Crippen LogP contribution in [0.3, 0.4) is 0 Å². The van der Waals surface area contributed by atoms with Crippen LogP contribution in [0, 0.1) is 13.8 Å². The van der Waals surface area contributed by atoms with E-state index < -0.39 is 0 Å². The highest BCUT2D eigenvalue weighted by Crippen LogP contribution is 2.33. The van der Waals surface area contributed by atoms with Crippen LogP contribution in [0.2, 0.25) is 0 Å². The van der Waals surface area contributed by atoms with E-state index in [1.165, 1.54) is 11.8 Å². The lowest BCUT2D eigenvalue weighted by Gasteiger charge is -2.19. The van der Waals surface area contributed by atoms with E-state index in [0.29, 0.717) is 16.8 Å². The van der Waals surface area contributed by atoms with Crippen LogP contribution in [0.15, 0.2) is 48.2 Å². The Morgan fingerprint density at radius 1 is 0.966 bits per heavy atom. The molecule has 1 aliphatic heterocycles. The van der Waals surface area contributed by atoms with Crippen molar-refractivity contribution in [3.05, 3.63) is 64.9 Å². The minimum atomic E-state index is -0.341. The van der Waals surface area contributed by atoms with E-state index in [-0.39, 0.29) is 29.5 Å². The zero-order valence-corrected chi connectivity index (χ0v) is 17.3. The standard InChI is InChI=1S/C23H25N3O3/c1-13(2)26-22(28)20(17-8-10-18(11-9-17)24-16(5)27)21(23(26)29)25-19-12-14(3)6-7-15(19)4/h6-13,25H,1-5H3,(H,24,27). The van der Waals surface area contributed by atoms with Crippen LogP contribution in [0.25, 0.3) is 5.57 Å². The first-order valence-electron chi connectivity index (χ1n) is 9.53. The zero-order valence-electron chi connectivity index (χ0n) is 17.3. The summed E-state index contributed by atoms with van der Waals surface area (Å²) >= 11 is 0. The van der Waals surface area contributed by atoms with Gasteiger partial charge in [-0.15, -0.1) is 0 Å². The molecule has 29 heavy (non-hydrogen) atoms. The lowest BCUT2D eigenvalue weighted by molar-refractivity contribution is -0.138. The van der Waals surface area contributed by atoms with Crippen molar-refractivity contribution < 1.29 is 14.4 Å². The highest BCUT2D eigenvalue weighted by Gasteiger charge is 2.40. The van der Waals surface area contributed by atoms with Crippen molar-refractivity contribution in [1.82, 2.24) is 4.90 Å². The molecule has 0 radical (unpaired) electrons. The fourth-order valence-corrected chi connectivity index (χ4v) is 3.33. The van der Waals surface area contributed by atoms with Crippen molar-refractivity contribution in [1.29, 1.82) is 0 Å². The first kappa shape index (κ1) is 20.3. The van der Waals surface area contributed by atoms with Crippen LogP contribution in [0.1, 0.15) is 37.5 Å². The molecule has 1 aliphatic rings. The summed E-state index contributed by atoms with van der Waals surface area (Å²) in [6.07, 6.45) is 0. The number of nitrogens with zero attached hydrogens (tertiary/aromatic N) is 1. The van der Waals surface area contributed by atoms with Gasteiger partial charge in [-0.05, 0) is 62.6 Å². The molecule has 150 valence electrons. The molecule has 2 aromatic rings. The topological polar surface area (TPSA) is 78.5 Å². The van der Waals surface area contributed by atoms with Crippen molar-refractivity contribution in [2.24, 2.45) is 0 Å². The molecule has 2 N–H and O–H groups in total. The van der Waals surface area contributed by atoms with Gasteiger partial charge in [-0.3, -0.25) is 19.3 Å². The Kier molecular flexibility index (Phi) is 5.55. The number of carbonyl (C=O) groups excluding carboxylic acids is 3. The molecule has 0 bridgehead atoms. The third kappa shape index (κ3) is 4.06. The average molecular weight is 391 g/mol. The molecule has 6 nitrogen and oxygen atoms in total. The molecule has 0 aliphatic carbocycles. The number of hydrogen-bond acceptors (Lipinski definition) is 4. The molecule has 2 aromatic carbocycles. The van der Waals surface area contributed by atoms with Gasteiger partial charge < -0.3 is 10.6 Å². The minimum absolute atomic E-state index is 0.174. The molecule has 0 spiro atoms. The fraction of sp³-hybridized carbons (Fsp3) is 0.261. The maximum Gasteiger partial charge on any atom is 0.278 e. The lowest BCUT2D eigenvalue weighted by Crippen LogP contribution is -2.38. The Morgan fingerprint density at radius 3 is 2.21 bits per heavy atom. The van der Waals surface area contributed by atoms with Gasteiger partial charge >= 0.3 is 0 Å². The SMILES string of the molecule is CC(=O)Nc1ccc(C2=C(Nc3cc(C)ccc3C)C(=O)N(C(C)C)C2=O)cc1. The number of carbonyl (C=O) groups is 3. The maximum absolute atomic E-state index is 13.1. The van der Waals surface area contributed by atoms with Gasteiger partial charge in [0.2, 0.25) is 5.91 Å². The molecular weight excluding hydrogens is 366 g/mol. The molecule has 0 fully saturated rings. The smallest absolute Gasteiger partial charge is 0.278 e. The van der Waals surface area contributed by atoms with Crippen LogP contribution in [0.4, 0.5) is 11.4 Å². The van der Waals surface area contributed by atoms with Gasteiger partial charge in [0.05, 0.1) is 5.57 Å². The van der Waals surface area contributed by atoms with Crippen molar-refractivity contribution >= 4 is 34.7 Å². The van der Waals surface area contributed by atoms with E-state index in [2.05, 4.69) is 10.6 Å². The van der Waals surface area contributed by atoms with E-state index in [1.54, 1.807) is 24.3 Å². The third-order valence-corrected chi connectivity index (χ3v) is 4.78. The molecule has 1 heterocycles. The second-order valence-electron chi connectivity index (χ2n) is 7.53. The number of nitrogens with one attached hydrogen (secondary N) is 2. The Labute approximate surface area is 170 Å². The maximum atomic E-state index is 13.1. The summed E-state index contributed by atoms with van der Waals surface area (Å²) < 4.78 is 0. The number of anilines is 2. The number of hydrogen-bond donors (Lipinski definition) is 2. The van der Waals surface area contributed by atoms with Gasteiger partial charge in [0.1, 0.15) is 5.70 Å². The number of amides is 3. The summed E-state index contributed by atoms with van der Waals surface area (Å²) in [7, 11) is 0. The number of imide groups is 1. The van der Waals surface area contributed by atoms with Crippen LogP contribution >= 0.6 is 0 Å². The van der Waals surface area contributed by atoms with Crippen molar-refractivity contribution in [2.45, 2.75) is 40.7 Å². The van der Waals surface area contributed by atoms with Crippen molar-refractivity contribution in [3.63, 3.8) is 0 Å². The van der Waals surface area contributed by atoms with Gasteiger partial charge in [0, 0.05) is 24.3 Å². The summed E-state index contributed by atoms with van der Waals surface area (Å²) in [5, 5.41) is 5.91.